The van der Waals surface area contributed by atoms with Crippen molar-refractivity contribution in [3.63, 3.8) is 0 Å². The molecule has 0 unspecified atom stereocenters. The van der Waals surface area contributed by atoms with Crippen LogP contribution >= 0.6 is 0 Å². The van der Waals surface area contributed by atoms with Gasteiger partial charge in [0.05, 0.1) is 11.2 Å². The van der Waals surface area contributed by atoms with Gasteiger partial charge in [-0.2, -0.15) is 0 Å². The molecule has 2 nitrogen and oxygen atoms in total. The number of fused-ring (bicyclic) bond motifs is 3. The molecule has 5 aromatic carbocycles. The summed E-state index contributed by atoms with van der Waals surface area (Å²) in [6.07, 6.45) is 0. The van der Waals surface area contributed by atoms with Gasteiger partial charge in [-0.25, -0.2) is 0 Å². The molecule has 0 spiro atoms. The van der Waals surface area contributed by atoms with Gasteiger partial charge in [0.1, 0.15) is 0 Å². The smallest absolute Gasteiger partial charge is 0.310 e. The van der Waals surface area contributed by atoms with Gasteiger partial charge in [0.25, 0.3) is 0 Å². The second-order valence-electron chi connectivity index (χ2n) is 11.8. The van der Waals surface area contributed by atoms with Crippen molar-refractivity contribution in [3.8, 4) is 22.3 Å². The minimum absolute atomic E-state index is 0.421. The molecule has 1 N–H and O–H groups in total. The summed E-state index contributed by atoms with van der Waals surface area (Å²) in [5.41, 5.74) is 4.48. The van der Waals surface area contributed by atoms with Crippen molar-refractivity contribution in [1.82, 2.24) is 0 Å². The lowest BCUT2D eigenvalue weighted by Crippen LogP contribution is -2.72. The van der Waals surface area contributed by atoms with Crippen LogP contribution in [-0.2, 0) is 4.65 Å². The second kappa shape index (κ2) is 10.0. The monoisotopic (exact) mass is 538 g/mol. The van der Waals surface area contributed by atoms with Gasteiger partial charge in [-0.05, 0) is 76.2 Å². The molecule has 0 radical (unpaired) electrons. The van der Waals surface area contributed by atoms with Crippen LogP contribution in [0.15, 0.2) is 127 Å². The molecule has 5 aromatic rings. The van der Waals surface area contributed by atoms with Gasteiger partial charge in [-0.15, -0.1) is 0 Å². The Morgan fingerprint density at radius 3 is 1.73 bits per heavy atom. The van der Waals surface area contributed by atoms with E-state index in [1.807, 2.05) is 13.8 Å². The highest BCUT2D eigenvalue weighted by Crippen LogP contribution is 2.31. The molecule has 4 heteroatoms. The third-order valence-corrected chi connectivity index (χ3v) is 13.7. The van der Waals surface area contributed by atoms with E-state index in [1.165, 1.54) is 37.4 Å². The van der Waals surface area contributed by atoms with E-state index in [2.05, 4.69) is 127 Å². The highest BCUT2D eigenvalue weighted by molar-refractivity contribution is 7.22. The molecule has 6 rings (SSSR count). The van der Waals surface area contributed by atoms with Crippen molar-refractivity contribution in [2.75, 3.05) is 0 Å². The van der Waals surface area contributed by atoms with Crippen LogP contribution in [0.25, 0.3) is 22.3 Å². The number of benzene rings is 5. The maximum atomic E-state index is 10.7. The number of aliphatic hydroxyl groups is 1. The SMILES string of the molecule is CC(C)(O)C(C)(C)OBc1ccccc1-c1ccc2c(c1)[Si](c1ccccc1)(c1ccccc1)c1ccccc1-2. The lowest BCUT2D eigenvalue weighted by Gasteiger charge is -2.37. The first kappa shape index (κ1) is 26.5. The molecule has 1 aliphatic rings. The molecule has 0 bridgehead atoms. The van der Waals surface area contributed by atoms with Gasteiger partial charge in [0.2, 0.25) is 0 Å². The first-order chi connectivity index (χ1) is 19.2. The number of hydrogen-bond acceptors (Lipinski definition) is 2. The highest BCUT2D eigenvalue weighted by atomic mass is 28.3. The van der Waals surface area contributed by atoms with E-state index in [9.17, 15) is 5.11 Å². The third kappa shape index (κ3) is 4.28. The van der Waals surface area contributed by atoms with Crippen LogP contribution in [0.4, 0.5) is 0 Å². The molecule has 0 saturated carbocycles. The molecule has 198 valence electrons. The van der Waals surface area contributed by atoms with Gasteiger partial charge in [-0.3, -0.25) is 0 Å². The van der Waals surface area contributed by atoms with Gasteiger partial charge in [0, 0.05) is 0 Å². The Kier molecular flexibility index (Phi) is 6.66. The first-order valence-electron chi connectivity index (χ1n) is 14.0. The zero-order valence-corrected chi connectivity index (χ0v) is 24.7. The Hall–Kier alpha value is -3.70. The van der Waals surface area contributed by atoms with Crippen LogP contribution in [-0.4, -0.2) is 31.9 Å². The number of rotatable bonds is 7. The van der Waals surface area contributed by atoms with Crippen molar-refractivity contribution < 1.29 is 9.76 Å². The fourth-order valence-electron chi connectivity index (χ4n) is 5.97. The summed E-state index contributed by atoms with van der Waals surface area (Å²) in [5, 5.41) is 16.3. The van der Waals surface area contributed by atoms with E-state index in [1.54, 1.807) is 13.8 Å². The van der Waals surface area contributed by atoms with Crippen molar-refractivity contribution in [3.05, 3.63) is 127 Å². The zero-order valence-electron chi connectivity index (χ0n) is 23.7. The lowest BCUT2D eigenvalue weighted by atomic mass is 9.79. The minimum atomic E-state index is -2.55. The Morgan fingerprint density at radius 1 is 0.575 bits per heavy atom. The van der Waals surface area contributed by atoms with Crippen molar-refractivity contribution in [2.24, 2.45) is 0 Å². The normalized spacial score (nSPS) is 13.9. The predicted octanol–water partition coefficient (Wildman–Crippen LogP) is 4.25. The maximum absolute atomic E-state index is 10.7. The number of hydrogen-bond donors (Lipinski definition) is 1. The Bertz CT molecular complexity index is 1620. The highest BCUT2D eigenvalue weighted by Gasteiger charge is 2.48. The average molecular weight is 539 g/mol. The Labute approximate surface area is 239 Å². The molecule has 1 aliphatic heterocycles. The molecule has 0 amide bonds. The molecule has 0 aliphatic carbocycles. The van der Waals surface area contributed by atoms with Crippen LogP contribution in [0, 0.1) is 0 Å². The van der Waals surface area contributed by atoms with E-state index >= 15 is 0 Å². The van der Waals surface area contributed by atoms with Gasteiger partial charge in [0.15, 0.2) is 8.07 Å². The van der Waals surface area contributed by atoms with Crippen molar-refractivity contribution >= 4 is 41.8 Å². The van der Waals surface area contributed by atoms with E-state index in [0.717, 1.165) is 11.0 Å². The van der Waals surface area contributed by atoms with Crippen LogP contribution in [0.1, 0.15) is 27.7 Å². The summed E-state index contributed by atoms with van der Waals surface area (Å²) in [6.45, 7) is 7.49. The van der Waals surface area contributed by atoms with Crippen LogP contribution in [0.3, 0.4) is 0 Å². The summed E-state index contributed by atoms with van der Waals surface area (Å²) in [5.74, 6) is 0. The van der Waals surface area contributed by atoms with E-state index in [0.29, 0.717) is 7.48 Å². The molecule has 0 saturated heterocycles. The largest absolute Gasteiger partial charge is 0.427 e. The van der Waals surface area contributed by atoms with Gasteiger partial charge < -0.3 is 9.76 Å². The van der Waals surface area contributed by atoms with E-state index in [-0.39, 0.29) is 0 Å². The fraction of sp³-hybridized carbons (Fsp3) is 0.167. The molecular formula is C36H35BO2Si. The lowest BCUT2D eigenvalue weighted by molar-refractivity contribution is -0.0893. The second-order valence-corrected chi connectivity index (χ2v) is 15.5. The summed E-state index contributed by atoms with van der Waals surface area (Å²) in [6, 6.07) is 46.7. The average Bonchev–Trinajstić information content (AvgIpc) is 3.27. The summed E-state index contributed by atoms with van der Waals surface area (Å²) >= 11 is 0. The van der Waals surface area contributed by atoms with E-state index in [4.69, 9.17) is 4.65 Å². The molecule has 40 heavy (non-hydrogen) atoms. The van der Waals surface area contributed by atoms with Gasteiger partial charge in [-0.1, -0.05) is 127 Å². The Balaban J connectivity index is 1.55. The van der Waals surface area contributed by atoms with Crippen LogP contribution in [0.5, 0.6) is 0 Å². The fourth-order valence-corrected chi connectivity index (χ4v) is 11.2. The quantitative estimate of drug-likeness (QED) is 0.308. The first-order valence-corrected chi connectivity index (χ1v) is 16.0. The summed E-state index contributed by atoms with van der Waals surface area (Å²) in [7, 11) is -2.12. The molecule has 0 fully saturated rings. The predicted molar refractivity (Wildman–Crippen MR) is 173 cm³/mol. The summed E-state index contributed by atoms with van der Waals surface area (Å²) < 4.78 is 6.32. The molecule has 1 heterocycles. The standard InChI is InChI=1S/C36H35BO2Si/c1-35(2,38)36(3,4)39-37-32-21-13-11-19-29(32)26-23-24-31-30-20-12-14-22-33(30)40(34(31)25-26,27-15-7-5-8-16-27)28-17-9-6-10-18-28/h5-25,37-38H,1-4H3. The van der Waals surface area contributed by atoms with Gasteiger partial charge >= 0.3 is 7.48 Å². The molecule has 0 aromatic heterocycles. The van der Waals surface area contributed by atoms with Crippen molar-refractivity contribution in [1.29, 1.82) is 0 Å². The zero-order chi connectivity index (χ0) is 28.0. The topological polar surface area (TPSA) is 29.5 Å². The van der Waals surface area contributed by atoms with E-state index < -0.39 is 19.3 Å². The Morgan fingerprint density at radius 2 is 1.10 bits per heavy atom. The van der Waals surface area contributed by atoms with Crippen LogP contribution in [0.2, 0.25) is 0 Å². The molecular weight excluding hydrogens is 503 g/mol. The third-order valence-electron chi connectivity index (χ3n) is 8.85. The maximum Gasteiger partial charge on any atom is 0.310 e. The minimum Gasteiger partial charge on any atom is -0.427 e. The van der Waals surface area contributed by atoms with Crippen LogP contribution < -0.4 is 26.2 Å². The van der Waals surface area contributed by atoms with Crippen molar-refractivity contribution in [2.45, 2.75) is 38.9 Å². The summed E-state index contributed by atoms with van der Waals surface area (Å²) in [4.78, 5) is 0. The molecule has 0 atom stereocenters.